The third kappa shape index (κ3) is 3.15. The summed E-state index contributed by atoms with van der Waals surface area (Å²) >= 11 is 0. The van der Waals surface area contributed by atoms with Crippen LogP contribution in [0.5, 0.6) is 5.75 Å². The van der Waals surface area contributed by atoms with Gasteiger partial charge in [0.15, 0.2) is 0 Å². The zero-order valence-corrected chi connectivity index (χ0v) is 11.2. The van der Waals surface area contributed by atoms with E-state index in [-0.39, 0.29) is 0 Å². The molecule has 1 aliphatic heterocycles. The lowest BCUT2D eigenvalue weighted by Gasteiger charge is -2.17. The van der Waals surface area contributed by atoms with E-state index in [4.69, 9.17) is 15.2 Å². The zero-order chi connectivity index (χ0) is 13.0. The van der Waals surface area contributed by atoms with Crippen molar-refractivity contribution in [1.29, 1.82) is 0 Å². The predicted octanol–water partition coefficient (Wildman–Crippen LogP) is 1.75. The fourth-order valence-electron chi connectivity index (χ4n) is 2.51. The standard InChI is InChI=1S/C14H22N2O2/c1-17-10-11-5-6-16(8-11)9-12-3-4-13(18-2)7-14(12)15/h3-4,7,11H,5-6,8-10,15H2,1-2H3. The van der Waals surface area contributed by atoms with Gasteiger partial charge in [-0.2, -0.15) is 0 Å². The Morgan fingerprint density at radius 2 is 2.22 bits per heavy atom. The first-order valence-electron chi connectivity index (χ1n) is 6.36. The summed E-state index contributed by atoms with van der Waals surface area (Å²) in [4.78, 5) is 2.43. The van der Waals surface area contributed by atoms with Crippen LogP contribution in [0.4, 0.5) is 5.69 Å². The number of hydrogen-bond donors (Lipinski definition) is 1. The molecule has 1 aromatic carbocycles. The molecule has 100 valence electrons. The number of rotatable bonds is 5. The van der Waals surface area contributed by atoms with Crippen LogP contribution in [0, 0.1) is 5.92 Å². The molecule has 0 bridgehead atoms. The van der Waals surface area contributed by atoms with Crippen LogP contribution in [0.15, 0.2) is 18.2 Å². The van der Waals surface area contributed by atoms with E-state index in [2.05, 4.69) is 11.0 Å². The van der Waals surface area contributed by atoms with Crippen LogP contribution in [-0.4, -0.2) is 38.8 Å². The van der Waals surface area contributed by atoms with Gasteiger partial charge in [-0.25, -0.2) is 0 Å². The van der Waals surface area contributed by atoms with Gasteiger partial charge in [-0.05, 0) is 30.5 Å². The number of nitrogens with two attached hydrogens (primary N) is 1. The Morgan fingerprint density at radius 3 is 2.89 bits per heavy atom. The SMILES string of the molecule is COCC1CCN(Cc2ccc(OC)cc2N)C1. The highest BCUT2D eigenvalue weighted by molar-refractivity contribution is 5.51. The molecule has 18 heavy (non-hydrogen) atoms. The molecular formula is C14H22N2O2. The molecule has 4 heteroatoms. The van der Waals surface area contributed by atoms with Crippen molar-refractivity contribution >= 4 is 5.69 Å². The number of nitrogens with zero attached hydrogens (tertiary/aromatic N) is 1. The number of nitrogen functional groups attached to an aromatic ring is 1. The van der Waals surface area contributed by atoms with Crippen LogP contribution in [0.2, 0.25) is 0 Å². The van der Waals surface area contributed by atoms with Gasteiger partial charge in [0.2, 0.25) is 0 Å². The third-order valence-corrected chi connectivity index (χ3v) is 3.52. The molecule has 4 nitrogen and oxygen atoms in total. The molecule has 0 saturated carbocycles. The van der Waals surface area contributed by atoms with E-state index in [0.717, 1.165) is 37.7 Å². The highest BCUT2D eigenvalue weighted by Crippen LogP contribution is 2.24. The molecule has 0 spiro atoms. The summed E-state index contributed by atoms with van der Waals surface area (Å²) in [6.07, 6.45) is 1.21. The van der Waals surface area contributed by atoms with Crippen LogP contribution in [0.25, 0.3) is 0 Å². The predicted molar refractivity (Wildman–Crippen MR) is 72.7 cm³/mol. The molecule has 1 fully saturated rings. The fraction of sp³-hybridized carbons (Fsp3) is 0.571. The molecule has 0 aromatic heterocycles. The number of likely N-dealkylation sites (tertiary alicyclic amines) is 1. The van der Waals surface area contributed by atoms with Crippen molar-refractivity contribution in [1.82, 2.24) is 4.90 Å². The molecule has 1 aromatic rings. The maximum absolute atomic E-state index is 6.04. The zero-order valence-electron chi connectivity index (χ0n) is 11.2. The van der Waals surface area contributed by atoms with Crippen LogP contribution in [0.1, 0.15) is 12.0 Å². The van der Waals surface area contributed by atoms with E-state index in [9.17, 15) is 0 Å². The lowest BCUT2D eigenvalue weighted by molar-refractivity contribution is 0.152. The second kappa shape index (κ2) is 6.07. The van der Waals surface area contributed by atoms with Gasteiger partial charge in [0.1, 0.15) is 5.75 Å². The summed E-state index contributed by atoms with van der Waals surface area (Å²) in [7, 11) is 3.42. The first-order valence-corrected chi connectivity index (χ1v) is 6.36. The number of ether oxygens (including phenoxy) is 2. The lowest BCUT2D eigenvalue weighted by Crippen LogP contribution is -2.21. The van der Waals surface area contributed by atoms with Gasteiger partial charge < -0.3 is 15.2 Å². The monoisotopic (exact) mass is 250 g/mol. The molecule has 0 radical (unpaired) electrons. The summed E-state index contributed by atoms with van der Waals surface area (Å²) in [5.41, 5.74) is 8.02. The Bertz CT molecular complexity index is 395. The highest BCUT2D eigenvalue weighted by Gasteiger charge is 2.22. The van der Waals surface area contributed by atoms with Gasteiger partial charge in [0.25, 0.3) is 0 Å². The van der Waals surface area contributed by atoms with Crippen LogP contribution < -0.4 is 10.5 Å². The van der Waals surface area contributed by atoms with Crippen LogP contribution >= 0.6 is 0 Å². The molecule has 1 heterocycles. The van der Waals surface area contributed by atoms with Crippen molar-refractivity contribution in [3.8, 4) is 5.75 Å². The van der Waals surface area contributed by atoms with E-state index in [1.54, 1.807) is 14.2 Å². The fourth-order valence-corrected chi connectivity index (χ4v) is 2.51. The summed E-state index contributed by atoms with van der Waals surface area (Å²) in [5, 5.41) is 0. The maximum Gasteiger partial charge on any atom is 0.120 e. The minimum absolute atomic E-state index is 0.662. The van der Waals surface area contributed by atoms with E-state index >= 15 is 0 Å². The Balaban J connectivity index is 1.94. The lowest BCUT2D eigenvalue weighted by atomic mass is 10.1. The van der Waals surface area contributed by atoms with Crippen molar-refractivity contribution in [3.63, 3.8) is 0 Å². The Hall–Kier alpha value is -1.26. The van der Waals surface area contributed by atoms with Crippen molar-refractivity contribution in [2.75, 3.05) is 39.6 Å². The summed E-state index contributed by atoms with van der Waals surface area (Å²) < 4.78 is 10.4. The largest absolute Gasteiger partial charge is 0.497 e. The van der Waals surface area contributed by atoms with Gasteiger partial charge in [0, 0.05) is 32.0 Å². The molecular weight excluding hydrogens is 228 g/mol. The van der Waals surface area contributed by atoms with Crippen molar-refractivity contribution in [2.24, 2.45) is 5.92 Å². The van der Waals surface area contributed by atoms with Crippen LogP contribution in [-0.2, 0) is 11.3 Å². The van der Waals surface area contributed by atoms with E-state index in [0.29, 0.717) is 5.92 Å². The average molecular weight is 250 g/mol. The minimum Gasteiger partial charge on any atom is -0.497 e. The van der Waals surface area contributed by atoms with Gasteiger partial charge in [-0.15, -0.1) is 0 Å². The summed E-state index contributed by atoms with van der Waals surface area (Å²) in [6.45, 7) is 3.99. The van der Waals surface area contributed by atoms with Crippen LogP contribution in [0.3, 0.4) is 0 Å². The molecule has 1 unspecified atom stereocenters. The van der Waals surface area contributed by atoms with Crippen molar-refractivity contribution < 1.29 is 9.47 Å². The number of anilines is 1. The topological polar surface area (TPSA) is 47.7 Å². The van der Waals surface area contributed by atoms with Crippen molar-refractivity contribution in [2.45, 2.75) is 13.0 Å². The third-order valence-electron chi connectivity index (χ3n) is 3.52. The number of methoxy groups -OCH3 is 2. The Kier molecular flexibility index (Phi) is 4.44. The summed E-state index contributed by atoms with van der Waals surface area (Å²) in [5.74, 6) is 1.48. The molecule has 1 saturated heterocycles. The van der Waals surface area contributed by atoms with E-state index < -0.39 is 0 Å². The second-order valence-electron chi connectivity index (χ2n) is 4.91. The molecule has 2 rings (SSSR count). The minimum atomic E-state index is 0.662. The molecule has 2 N–H and O–H groups in total. The molecule has 1 atom stereocenters. The van der Waals surface area contributed by atoms with E-state index in [1.807, 2.05) is 12.1 Å². The molecule has 1 aliphatic rings. The average Bonchev–Trinajstić information content (AvgIpc) is 2.80. The first kappa shape index (κ1) is 13.2. The quantitative estimate of drug-likeness (QED) is 0.809. The number of benzene rings is 1. The smallest absolute Gasteiger partial charge is 0.120 e. The summed E-state index contributed by atoms with van der Waals surface area (Å²) in [6, 6.07) is 5.91. The molecule has 0 aliphatic carbocycles. The van der Waals surface area contributed by atoms with Gasteiger partial charge in [0.05, 0.1) is 13.7 Å². The Labute approximate surface area is 109 Å². The van der Waals surface area contributed by atoms with Gasteiger partial charge in [-0.3, -0.25) is 4.90 Å². The first-order chi connectivity index (χ1) is 8.72. The van der Waals surface area contributed by atoms with E-state index in [1.165, 1.54) is 12.0 Å². The number of hydrogen-bond acceptors (Lipinski definition) is 4. The normalized spacial score (nSPS) is 20.2. The maximum atomic E-state index is 6.04. The van der Waals surface area contributed by atoms with Gasteiger partial charge in [-0.1, -0.05) is 6.07 Å². The van der Waals surface area contributed by atoms with Crippen molar-refractivity contribution in [3.05, 3.63) is 23.8 Å². The molecule has 0 amide bonds. The van der Waals surface area contributed by atoms with Gasteiger partial charge >= 0.3 is 0 Å². The highest BCUT2D eigenvalue weighted by atomic mass is 16.5. The Morgan fingerprint density at radius 1 is 1.39 bits per heavy atom. The second-order valence-corrected chi connectivity index (χ2v) is 4.91.